The molecule has 2 aromatic rings. The number of carbonyl (C=O) groups is 2. The summed E-state index contributed by atoms with van der Waals surface area (Å²) in [5.41, 5.74) is 1.27. The van der Waals surface area contributed by atoms with Crippen molar-refractivity contribution in [2.24, 2.45) is 0 Å². The zero-order valence-corrected chi connectivity index (χ0v) is 13.3. The van der Waals surface area contributed by atoms with E-state index in [4.69, 9.17) is 9.47 Å². The summed E-state index contributed by atoms with van der Waals surface area (Å²) in [4.78, 5) is 22.9. The maximum absolute atomic E-state index is 12.0. The van der Waals surface area contributed by atoms with E-state index in [0.717, 1.165) is 5.56 Å². The average Bonchev–Trinajstić information content (AvgIpc) is 2.61. The Morgan fingerprint density at radius 3 is 2.50 bits per heavy atom. The quantitative estimate of drug-likeness (QED) is 0.484. The van der Waals surface area contributed by atoms with E-state index in [1.807, 2.05) is 0 Å². The van der Waals surface area contributed by atoms with Crippen molar-refractivity contribution in [3.63, 3.8) is 0 Å². The molecule has 0 spiro atoms. The Kier molecular flexibility index (Phi) is 5.57. The van der Waals surface area contributed by atoms with Gasteiger partial charge in [-0.1, -0.05) is 6.07 Å². The molecule has 0 heterocycles. The number of aldehydes is 1. The number of anilines is 1. The molecule has 0 unspecified atom stereocenters. The highest BCUT2D eigenvalue weighted by Crippen LogP contribution is 2.28. The lowest BCUT2D eigenvalue weighted by molar-refractivity contribution is -0.111. The summed E-state index contributed by atoms with van der Waals surface area (Å²) in [7, 11) is 3.08. The number of benzene rings is 2. The number of phenols is 1. The van der Waals surface area contributed by atoms with Crippen molar-refractivity contribution in [1.82, 2.24) is 0 Å². The number of hydrogen-bond acceptors (Lipinski definition) is 5. The van der Waals surface area contributed by atoms with E-state index in [-0.39, 0.29) is 11.3 Å². The second-order valence-corrected chi connectivity index (χ2v) is 4.83. The van der Waals surface area contributed by atoms with Crippen molar-refractivity contribution in [2.45, 2.75) is 0 Å². The third-order valence-electron chi connectivity index (χ3n) is 3.25. The zero-order valence-electron chi connectivity index (χ0n) is 13.3. The monoisotopic (exact) mass is 327 g/mol. The number of aromatic hydroxyl groups is 1. The first-order valence-corrected chi connectivity index (χ1v) is 7.06. The van der Waals surface area contributed by atoms with Crippen LogP contribution in [-0.2, 0) is 4.79 Å². The summed E-state index contributed by atoms with van der Waals surface area (Å²) in [6.45, 7) is 0. The molecule has 6 nitrogen and oxygen atoms in total. The van der Waals surface area contributed by atoms with E-state index in [1.54, 1.807) is 31.4 Å². The molecular weight excluding hydrogens is 310 g/mol. The topological polar surface area (TPSA) is 84.9 Å². The molecule has 0 saturated heterocycles. The van der Waals surface area contributed by atoms with Gasteiger partial charge >= 0.3 is 0 Å². The molecule has 0 fully saturated rings. The largest absolute Gasteiger partial charge is 0.508 e. The number of ether oxygens (including phenoxy) is 2. The summed E-state index contributed by atoms with van der Waals surface area (Å²) in [6.07, 6.45) is 3.51. The van der Waals surface area contributed by atoms with Gasteiger partial charge in [0.15, 0.2) is 17.8 Å². The van der Waals surface area contributed by atoms with E-state index in [9.17, 15) is 14.7 Å². The molecule has 1 amide bonds. The third-order valence-corrected chi connectivity index (χ3v) is 3.25. The molecule has 2 N–H and O–H groups in total. The molecule has 6 heteroatoms. The van der Waals surface area contributed by atoms with Gasteiger partial charge < -0.3 is 19.9 Å². The fourth-order valence-electron chi connectivity index (χ4n) is 2.06. The molecule has 24 heavy (non-hydrogen) atoms. The predicted molar refractivity (Wildman–Crippen MR) is 90.7 cm³/mol. The average molecular weight is 327 g/mol. The van der Waals surface area contributed by atoms with Crippen molar-refractivity contribution in [2.75, 3.05) is 19.5 Å². The standard InChI is InChI=1S/C18H17NO5/c1-23-16-7-3-12(9-17(16)24-2)4-8-18(22)19-15-6-5-14(21)10-13(15)11-20/h3-11,21H,1-2H3,(H,19,22)/b8-4+. The third kappa shape index (κ3) is 4.13. The van der Waals surface area contributed by atoms with Crippen molar-refractivity contribution >= 4 is 24.0 Å². The van der Waals surface area contributed by atoms with Crippen LogP contribution < -0.4 is 14.8 Å². The van der Waals surface area contributed by atoms with Crippen molar-refractivity contribution < 1.29 is 24.2 Å². The van der Waals surface area contributed by atoms with Crippen LogP contribution in [0, 0.1) is 0 Å². The maximum Gasteiger partial charge on any atom is 0.248 e. The van der Waals surface area contributed by atoms with Crippen LogP contribution in [0.15, 0.2) is 42.5 Å². The Hall–Kier alpha value is -3.28. The second-order valence-electron chi connectivity index (χ2n) is 4.83. The molecule has 0 bridgehead atoms. The van der Waals surface area contributed by atoms with Gasteiger partial charge in [-0.2, -0.15) is 0 Å². The van der Waals surface area contributed by atoms with Gasteiger partial charge in [0.1, 0.15) is 5.75 Å². The van der Waals surface area contributed by atoms with Gasteiger partial charge in [-0.05, 0) is 42.0 Å². The number of hydrogen-bond donors (Lipinski definition) is 2. The van der Waals surface area contributed by atoms with E-state index in [2.05, 4.69) is 5.32 Å². The van der Waals surface area contributed by atoms with Crippen LogP contribution in [0.1, 0.15) is 15.9 Å². The normalized spacial score (nSPS) is 10.4. The minimum Gasteiger partial charge on any atom is -0.508 e. The fraction of sp³-hybridized carbons (Fsp3) is 0.111. The number of phenolic OH excluding ortho intramolecular Hbond substituents is 1. The van der Waals surface area contributed by atoms with Gasteiger partial charge in [0.05, 0.1) is 19.9 Å². The zero-order chi connectivity index (χ0) is 17.5. The van der Waals surface area contributed by atoms with E-state index in [1.165, 1.54) is 31.4 Å². The van der Waals surface area contributed by atoms with Gasteiger partial charge in [-0.15, -0.1) is 0 Å². The number of carbonyl (C=O) groups excluding carboxylic acids is 2. The Morgan fingerprint density at radius 1 is 1.08 bits per heavy atom. The van der Waals surface area contributed by atoms with Gasteiger partial charge in [0, 0.05) is 11.6 Å². The second kappa shape index (κ2) is 7.82. The molecule has 0 aromatic heterocycles. The summed E-state index contributed by atoms with van der Waals surface area (Å²) >= 11 is 0. The Balaban J connectivity index is 2.12. The molecule has 2 rings (SSSR count). The SMILES string of the molecule is COc1ccc(/C=C/C(=O)Nc2ccc(O)cc2C=O)cc1OC. The highest BCUT2D eigenvalue weighted by atomic mass is 16.5. The van der Waals surface area contributed by atoms with E-state index >= 15 is 0 Å². The van der Waals surface area contributed by atoms with Gasteiger partial charge in [-0.3, -0.25) is 9.59 Å². The van der Waals surface area contributed by atoms with Crippen LogP contribution in [0.3, 0.4) is 0 Å². The lowest BCUT2D eigenvalue weighted by Crippen LogP contribution is -2.09. The number of rotatable bonds is 6. The van der Waals surface area contributed by atoms with Crippen molar-refractivity contribution in [3.05, 3.63) is 53.6 Å². The Labute approximate surface area is 139 Å². The molecule has 0 saturated carbocycles. The highest BCUT2D eigenvalue weighted by molar-refractivity contribution is 6.04. The van der Waals surface area contributed by atoms with Crippen molar-refractivity contribution in [1.29, 1.82) is 0 Å². The highest BCUT2D eigenvalue weighted by Gasteiger charge is 2.06. The minimum atomic E-state index is -0.404. The van der Waals surface area contributed by atoms with Crippen LogP contribution in [0.2, 0.25) is 0 Å². The lowest BCUT2D eigenvalue weighted by Gasteiger charge is -2.08. The molecule has 0 atom stereocenters. The minimum absolute atomic E-state index is 0.0454. The lowest BCUT2D eigenvalue weighted by atomic mass is 10.1. The van der Waals surface area contributed by atoms with Gasteiger partial charge in [-0.25, -0.2) is 0 Å². The van der Waals surface area contributed by atoms with Gasteiger partial charge in [0.25, 0.3) is 0 Å². The molecule has 0 radical (unpaired) electrons. The van der Waals surface area contributed by atoms with Crippen LogP contribution in [0.25, 0.3) is 6.08 Å². The first-order chi connectivity index (χ1) is 11.6. The number of nitrogens with one attached hydrogen (secondary N) is 1. The first-order valence-electron chi connectivity index (χ1n) is 7.06. The molecule has 0 aliphatic rings. The summed E-state index contributed by atoms with van der Waals surface area (Å²) in [6, 6.07) is 9.38. The maximum atomic E-state index is 12.0. The van der Waals surface area contributed by atoms with Crippen LogP contribution >= 0.6 is 0 Å². The molecule has 0 aliphatic carbocycles. The van der Waals surface area contributed by atoms with Crippen molar-refractivity contribution in [3.8, 4) is 17.2 Å². The summed E-state index contributed by atoms with van der Waals surface area (Å²) in [5, 5.41) is 11.9. The molecule has 0 aliphatic heterocycles. The first kappa shape index (κ1) is 17.1. The molecule has 2 aromatic carbocycles. The fourth-order valence-corrected chi connectivity index (χ4v) is 2.06. The Morgan fingerprint density at radius 2 is 1.83 bits per heavy atom. The summed E-state index contributed by atoms with van der Waals surface area (Å²) < 4.78 is 10.3. The van der Waals surface area contributed by atoms with E-state index < -0.39 is 5.91 Å². The predicted octanol–water partition coefficient (Wildman–Crippen LogP) is 2.87. The Bertz CT molecular complexity index is 783. The van der Waals surface area contributed by atoms with Crippen LogP contribution in [0.5, 0.6) is 17.2 Å². The smallest absolute Gasteiger partial charge is 0.248 e. The van der Waals surface area contributed by atoms with Crippen LogP contribution in [0.4, 0.5) is 5.69 Å². The summed E-state index contributed by atoms with van der Waals surface area (Å²) in [5.74, 6) is 0.704. The van der Waals surface area contributed by atoms with Gasteiger partial charge in [0.2, 0.25) is 5.91 Å². The number of methoxy groups -OCH3 is 2. The number of amides is 1. The van der Waals surface area contributed by atoms with Crippen LogP contribution in [-0.4, -0.2) is 31.5 Å². The molecular formula is C18H17NO5. The van der Waals surface area contributed by atoms with E-state index in [0.29, 0.717) is 23.5 Å². The molecule has 124 valence electrons.